The summed E-state index contributed by atoms with van der Waals surface area (Å²) in [5, 5.41) is 1.60. The average molecular weight is 628 g/mol. The number of carbonyl (C=O) groups is 2. The monoisotopic (exact) mass is 627 g/mol. The van der Waals surface area contributed by atoms with Crippen LogP contribution in [-0.4, -0.2) is 39.5 Å². The topological polar surface area (TPSA) is 89.5 Å². The molecule has 5 rings (SSSR count). The number of rotatable bonds is 7. The number of anilines is 1. The highest BCUT2D eigenvalue weighted by molar-refractivity contribution is 8.15. The molecule has 2 heterocycles. The Morgan fingerprint density at radius 1 is 1.05 bits per heavy atom. The molecule has 2 aliphatic rings. The number of alkyl halides is 6. The number of thioether (sulfide) groups is 1. The Morgan fingerprint density at radius 2 is 1.79 bits per heavy atom. The Bertz CT molecular complexity index is 1530. The van der Waals surface area contributed by atoms with E-state index in [9.17, 15) is 31.5 Å². The number of halogens is 6. The van der Waals surface area contributed by atoms with Gasteiger partial charge in [0.15, 0.2) is 16.7 Å². The maximum absolute atomic E-state index is 13.3. The summed E-state index contributed by atoms with van der Waals surface area (Å²) in [4.78, 5) is 32.0. The van der Waals surface area contributed by atoms with Gasteiger partial charge >= 0.3 is 11.7 Å². The molecule has 0 spiro atoms. The first-order chi connectivity index (χ1) is 19.8. The Labute approximate surface area is 244 Å². The van der Waals surface area contributed by atoms with Gasteiger partial charge in [0, 0.05) is 23.7 Å². The molecule has 8 nitrogen and oxygen atoms in total. The lowest BCUT2D eigenvalue weighted by atomic mass is 10.1. The summed E-state index contributed by atoms with van der Waals surface area (Å²) in [5.41, 5.74) is -4.04. The predicted octanol–water partition coefficient (Wildman–Crippen LogP) is 6.76. The molecule has 0 saturated carbocycles. The number of carbonyl (C=O) groups excluding carboxylic acids is 2. The zero-order chi connectivity index (χ0) is 30.1. The van der Waals surface area contributed by atoms with E-state index in [1.54, 1.807) is 18.2 Å². The molecule has 42 heavy (non-hydrogen) atoms. The van der Waals surface area contributed by atoms with Crippen LogP contribution in [0.2, 0.25) is 0 Å². The number of ether oxygens (including phenoxy) is 3. The summed E-state index contributed by atoms with van der Waals surface area (Å²) in [5.74, 6) is -0.340. The number of hydrogen-bond acceptors (Lipinski definition) is 7. The first kappa shape index (κ1) is 29.5. The Morgan fingerprint density at radius 3 is 2.50 bits per heavy atom. The number of amides is 2. The number of fused-ring (bicyclic) bond motifs is 1. The second-order valence-electron chi connectivity index (χ2n) is 8.98. The van der Waals surface area contributed by atoms with Crippen LogP contribution in [0, 0.1) is 0 Å². The molecular formula is C27H19ClF5N3O5S. The van der Waals surface area contributed by atoms with Gasteiger partial charge in [0.1, 0.15) is 11.0 Å². The third-order valence-corrected chi connectivity index (χ3v) is 7.23. The Hall–Kier alpha value is -4.04. The van der Waals surface area contributed by atoms with Crippen LogP contribution in [0.3, 0.4) is 0 Å². The van der Waals surface area contributed by atoms with Crippen molar-refractivity contribution in [2.24, 2.45) is 4.99 Å². The van der Waals surface area contributed by atoms with Crippen molar-refractivity contribution in [3.63, 3.8) is 0 Å². The standard InChI is InChI=1S/C27H19ClF5N3O5S/c28-27(32,33)41-19-7-5-17(6-8-19)34-24(38)22-12-23(37)36(13-15-4-9-20-21(10-15)40-14-39-20)25(42-22)35-18-3-1-2-16(11-18)26(29,30)31/h1-11,22H,12-14H2,(H,34,38)/t22-/m1/s1. The summed E-state index contributed by atoms with van der Waals surface area (Å²) in [6.07, 6.45) is -4.86. The van der Waals surface area contributed by atoms with Crippen LogP contribution in [0.25, 0.3) is 0 Å². The van der Waals surface area contributed by atoms with E-state index in [2.05, 4.69) is 15.0 Å². The average Bonchev–Trinajstić information content (AvgIpc) is 3.38. The maximum Gasteiger partial charge on any atom is 0.487 e. The van der Waals surface area contributed by atoms with Crippen molar-refractivity contribution in [2.45, 2.75) is 30.0 Å². The van der Waals surface area contributed by atoms with Crippen molar-refractivity contribution < 1.29 is 45.8 Å². The van der Waals surface area contributed by atoms with Gasteiger partial charge in [0.05, 0.1) is 17.8 Å². The van der Waals surface area contributed by atoms with Gasteiger partial charge in [-0.05, 0) is 60.2 Å². The summed E-state index contributed by atoms with van der Waals surface area (Å²) < 4.78 is 80.6. The summed E-state index contributed by atoms with van der Waals surface area (Å²) in [6, 6.07) is 14.3. The van der Waals surface area contributed by atoms with Crippen LogP contribution in [0.4, 0.5) is 33.3 Å². The fourth-order valence-electron chi connectivity index (χ4n) is 4.04. The normalized spacial score (nSPS) is 17.9. The van der Waals surface area contributed by atoms with E-state index in [1.165, 1.54) is 41.3 Å². The molecular weight excluding hydrogens is 609 g/mol. The lowest BCUT2D eigenvalue weighted by Gasteiger charge is -2.32. The lowest BCUT2D eigenvalue weighted by molar-refractivity contribution is -0.137. The predicted molar refractivity (Wildman–Crippen MR) is 144 cm³/mol. The van der Waals surface area contributed by atoms with Crippen molar-refractivity contribution in [3.05, 3.63) is 77.9 Å². The molecule has 0 unspecified atom stereocenters. The highest BCUT2D eigenvalue weighted by Gasteiger charge is 2.37. The molecule has 220 valence electrons. The lowest BCUT2D eigenvalue weighted by Crippen LogP contribution is -2.44. The number of nitrogens with one attached hydrogen (secondary N) is 1. The minimum atomic E-state index is -4.61. The first-order valence-electron chi connectivity index (χ1n) is 12.1. The summed E-state index contributed by atoms with van der Waals surface area (Å²) in [7, 11) is 0. The number of aliphatic imine (C=N–C) groups is 1. The third kappa shape index (κ3) is 7.23. The van der Waals surface area contributed by atoms with Gasteiger partial charge in [-0.2, -0.15) is 13.2 Å². The van der Waals surface area contributed by atoms with Crippen molar-refractivity contribution in [3.8, 4) is 17.2 Å². The van der Waals surface area contributed by atoms with Crippen LogP contribution in [0.15, 0.2) is 71.7 Å². The van der Waals surface area contributed by atoms with E-state index in [1.807, 2.05) is 0 Å². The van der Waals surface area contributed by atoms with E-state index in [-0.39, 0.29) is 42.1 Å². The van der Waals surface area contributed by atoms with Gasteiger partial charge in [-0.15, -0.1) is 8.78 Å². The molecule has 0 bridgehead atoms. The second kappa shape index (κ2) is 11.7. The molecule has 0 aliphatic carbocycles. The summed E-state index contributed by atoms with van der Waals surface area (Å²) >= 11 is 5.65. The van der Waals surface area contributed by atoms with E-state index >= 15 is 0 Å². The van der Waals surface area contributed by atoms with Gasteiger partial charge in [-0.1, -0.05) is 23.9 Å². The van der Waals surface area contributed by atoms with Crippen molar-refractivity contribution in [1.29, 1.82) is 0 Å². The fraction of sp³-hybridized carbons (Fsp3) is 0.222. The van der Waals surface area contributed by atoms with Crippen LogP contribution < -0.4 is 19.5 Å². The maximum atomic E-state index is 13.3. The van der Waals surface area contributed by atoms with Gasteiger partial charge in [0.25, 0.3) is 0 Å². The second-order valence-corrected chi connectivity index (χ2v) is 10.6. The van der Waals surface area contributed by atoms with Crippen LogP contribution >= 0.6 is 23.4 Å². The molecule has 15 heteroatoms. The number of nitrogens with zero attached hydrogens (tertiary/aromatic N) is 2. The molecule has 0 aromatic heterocycles. The smallest absolute Gasteiger partial charge is 0.454 e. The van der Waals surface area contributed by atoms with E-state index in [4.69, 9.17) is 21.1 Å². The zero-order valence-electron chi connectivity index (χ0n) is 21.2. The summed E-state index contributed by atoms with van der Waals surface area (Å²) in [6.45, 7) is 0.0482. The quantitative estimate of drug-likeness (QED) is 0.230. The van der Waals surface area contributed by atoms with E-state index in [0.717, 1.165) is 23.9 Å². The highest BCUT2D eigenvalue weighted by atomic mass is 35.5. The van der Waals surface area contributed by atoms with E-state index < -0.39 is 34.4 Å². The minimum absolute atomic E-state index is 0.00126. The molecule has 2 aliphatic heterocycles. The fourth-order valence-corrected chi connectivity index (χ4v) is 5.23. The van der Waals surface area contributed by atoms with Crippen LogP contribution in [0.1, 0.15) is 17.5 Å². The van der Waals surface area contributed by atoms with E-state index in [0.29, 0.717) is 17.1 Å². The molecule has 1 N–H and O–H groups in total. The van der Waals surface area contributed by atoms with Crippen molar-refractivity contribution in [1.82, 2.24) is 4.90 Å². The molecule has 0 radical (unpaired) electrons. The Kier molecular flexibility index (Phi) is 8.19. The minimum Gasteiger partial charge on any atom is -0.454 e. The van der Waals surface area contributed by atoms with Crippen molar-refractivity contribution in [2.75, 3.05) is 12.1 Å². The molecule has 1 fully saturated rings. The van der Waals surface area contributed by atoms with Gasteiger partial charge in [0.2, 0.25) is 18.6 Å². The number of hydrogen-bond donors (Lipinski definition) is 1. The zero-order valence-corrected chi connectivity index (χ0v) is 22.7. The Balaban J connectivity index is 1.39. The largest absolute Gasteiger partial charge is 0.487 e. The van der Waals surface area contributed by atoms with Gasteiger partial charge in [-0.3, -0.25) is 14.5 Å². The SMILES string of the molecule is O=C(Nc1ccc(OC(F)(F)Cl)cc1)[C@H]1CC(=O)N(Cc2ccc3c(c2)OCO3)C(=Nc2cccc(C(F)(F)F)c2)S1. The van der Waals surface area contributed by atoms with Crippen LogP contribution in [-0.2, 0) is 22.3 Å². The molecule has 1 saturated heterocycles. The first-order valence-corrected chi connectivity index (χ1v) is 13.4. The van der Waals surface area contributed by atoms with Crippen LogP contribution in [0.5, 0.6) is 17.2 Å². The third-order valence-electron chi connectivity index (χ3n) is 5.96. The highest BCUT2D eigenvalue weighted by Crippen LogP contribution is 2.36. The molecule has 1 atom stereocenters. The van der Waals surface area contributed by atoms with Crippen molar-refractivity contribution >= 4 is 51.7 Å². The molecule has 3 aromatic rings. The van der Waals surface area contributed by atoms with Gasteiger partial charge < -0.3 is 19.5 Å². The number of amidine groups is 1. The number of benzene rings is 3. The molecule has 3 aromatic carbocycles. The molecule has 2 amide bonds. The van der Waals surface area contributed by atoms with Gasteiger partial charge in [-0.25, -0.2) is 4.99 Å².